The summed E-state index contributed by atoms with van der Waals surface area (Å²) in [5, 5.41) is 8.84. The summed E-state index contributed by atoms with van der Waals surface area (Å²) in [5.74, 6) is -2.38. The van der Waals surface area contributed by atoms with Crippen molar-refractivity contribution < 1.29 is 29.0 Å². The summed E-state index contributed by atoms with van der Waals surface area (Å²) < 4.78 is 9.92. The number of rotatable bonds is 6. The fraction of sp³-hybridized carbons (Fsp3) is 0.267. The maximum absolute atomic E-state index is 11.8. The van der Waals surface area contributed by atoms with Crippen LogP contribution in [0.1, 0.15) is 34.6 Å². The fourth-order valence-corrected chi connectivity index (χ4v) is 1.37. The molecule has 0 aliphatic rings. The third kappa shape index (κ3) is 5.10. The van der Waals surface area contributed by atoms with E-state index in [9.17, 15) is 14.4 Å². The summed E-state index contributed by atoms with van der Waals surface area (Å²) in [6.07, 6.45) is -0.624. The first-order valence-electron chi connectivity index (χ1n) is 6.18. The molecule has 0 saturated heterocycles. The van der Waals surface area contributed by atoms with Crippen LogP contribution in [0.4, 0.5) is 0 Å². The zero-order valence-electron chi connectivity index (χ0n) is 11.8. The van der Waals surface area contributed by atoms with Crippen LogP contribution in [-0.4, -0.2) is 35.7 Å². The van der Waals surface area contributed by atoms with Gasteiger partial charge in [-0.15, -0.1) is 0 Å². The summed E-state index contributed by atoms with van der Waals surface area (Å²) in [5.41, 5.74) is 0.363. The molecule has 0 bridgehead atoms. The van der Waals surface area contributed by atoms with E-state index in [1.807, 2.05) is 0 Å². The Hall–Kier alpha value is -2.63. The van der Waals surface area contributed by atoms with Gasteiger partial charge in [0.25, 0.3) is 0 Å². The molecule has 6 heteroatoms. The number of benzene rings is 1. The van der Waals surface area contributed by atoms with Crippen LogP contribution in [0.25, 0.3) is 0 Å². The smallest absolute Gasteiger partial charge is 0.338 e. The van der Waals surface area contributed by atoms with Gasteiger partial charge in [0, 0.05) is 5.57 Å². The minimum absolute atomic E-state index is 0.00814. The molecule has 6 nitrogen and oxygen atoms in total. The van der Waals surface area contributed by atoms with Gasteiger partial charge >= 0.3 is 17.9 Å². The SMILES string of the molecule is C=C(C)C(=O)OC(C)COC(=O)c1cccc(C(=O)O)c1. The minimum Gasteiger partial charge on any atom is -0.478 e. The van der Waals surface area contributed by atoms with Crippen molar-refractivity contribution in [1.82, 2.24) is 0 Å². The molecule has 1 N–H and O–H groups in total. The van der Waals surface area contributed by atoms with Crippen LogP contribution in [0, 0.1) is 0 Å². The van der Waals surface area contributed by atoms with Gasteiger partial charge in [0.1, 0.15) is 12.7 Å². The highest BCUT2D eigenvalue weighted by molar-refractivity contribution is 5.94. The van der Waals surface area contributed by atoms with Crippen LogP contribution < -0.4 is 0 Å². The molecule has 0 spiro atoms. The van der Waals surface area contributed by atoms with Gasteiger partial charge in [-0.1, -0.05) is 12.6 Å². The Balaban J connectivity index is 2.58. The largest absolute Gasteiger partial charge is 0.478 e. The predicted molar refractivity (Wildman–Crippen MR) is 74.1 cm³/mol. The number of carbonyl (C=O) groups excluding carboxylic acids is 2. The van der Waals surface area contributed by atoms with Crippen molar-refractivity contribution in [2.45, 2.75) is 20.0 Å². The molecule has 1 rings (SSSR count). The molecule has 1 aromatic rings. The second-order valence-electron chi connectivity index (χ2n) is 4.48. The molecule has 0 radical (unpaired) electrons. The molecule has 0 aliphatic heterocycles. The van der Waals surface area contributed by atoms with Crippen LogP contribution in [0.2, 0.25) is 0 Å². The van der Waals surface area contributed by atoms with E-state index in [1.54, 1.807) is 6.92 Å². The van der Waals surface area contributed by atoms with E-state index < -0.39 is 24.0 Å². The lowest BCUT2D eigenvalue weighted by molar-refractivity contribution is -0.145. The summed E-state index contributed by atoms with van der Waals surface area (Å²) in [4.78, 5) is 33.8. The van der Waals surface area contributed by atoms with Crippen LogP contribution >= 0.6 is 0 Å². The molecule has 0 saturated carbocycles. The molecular formula is C15H16O6. The molecule has 1 aromatic carbocycles. The van der Waals surface area contributed by atoms with E-state index in [0.29, 0.717) is 0 Å². The van der Waals surface area contributed by atoms with Crippen LogP contribution in [-0.2, 0) is 14.3 Å². The standard InChI is InChI=1S/C15H16O6/c1-9(2)14(18)21-10(3)8-20-15(19)12-6-4-5-11(7-12)13(16)17/h4-7,10H,1,8H2,2-3H3,(H,16,17). The predicted octanol–water partition coefficient (Wildman–Crippen LogP) is 2.05. The maximum atomic E-state index is 11.8. The van der Waals surface area contributed by atoms with Crippen LogP contribution in [0.5, 0.6) is 0 Å². The van der Waals surface area contributed by atoms with E-state index >= 15 is 0 Å². The lowest BCUT2D eigenvalue weighted by atomic mass is 10.1. The molecule has 112 valence electrons. The highest BCUT2D eigenvalue weighted by atomic mass is 16.6. The number of carboxylic acid groups (broad SMARTS) is 1. The Morgan fingerprint density at radius 2 is 1.90 bits per heavy atom. The molecule has 0 aliphatic carbocycles. The summed E-state index contributed by atoms with van der Waals surface area (Å²) in [7, 11) is 0. The Kier molecular flexibility index (Phi) is 5.66. The summed E-state index contributed by atoms with van der Waals surface area (Å²) >= 11 is 0. The van der Waals surface area contributed by atoms with Crippen molar-refractivity contribution >= 4 is 17.9 Å². The minimum atomic E-state index is -1.13. The molecule has 0 aromatic heterocycles. The second-order valence-corrected chi connectivity index (χ2v) is 4.48. The first kappa shape index (κ1) is 16.4. The first-order chi connectivity index (χ1) is 9.81. The van der Waals surface area contributed by atoms with E-state index in [4.69, 9.17) is 14.6 Å². The van der Waals surface area contributed by atoms with Crippen LogP contribution in [0.15, 0.2) is 36.4 Å². The van der Waals surface area contributed by atoms with Gasteiger partial charge < -0.3 is 14.6 Å². The second kappa shape index (κ2) is 7.23. The maximum Gasteiger partial charge on any atom is 0.338 e. The average Bonchev–Trinajstić information content (AvgIpc) is 2.44. The molecule has 1 atom stereocenters. The van der Waals surface area contributed by atoms with Gasteiger partial charge in [0.2, 0.25) is 0 Å². The van der Waals surface area contributed by atoms with Gasteiger partial charge in [0.15, 0.2) is 0 Å². The highest BCUT2D eigenvalue weighted by Crippen LogP contribution is 2.08. The molecule has 0 fully saturated rings. The number of ether oxygens (including phenoxy) is 2. The van der Waals surface area contributed by atoms with Gasteiger partial charge in [-0.25, -0.2) is 14.4 Å². The van der Waals surface area contributed by atoms with E-state index in [2.05, 4.69) is 6.58 Å². The summed E-state index contributed by atoms with van der Waals surface area (Å²) in [6, 6.07) is 5.48. The van der Waals surface area contributed by atoms with Gasteiger partial charge in [0.05, 0.1) is 11.1 Å². The Bertz CT molecular complexity index is 575. The van der Waals surface area contributed by atoms with Crippen molar-refractivity contribution in [3.8, 4) is 0 Å². The lowest BCUT2D eigenvalue weighted by Gasteiger charge is -2.13. The number of hydrogen-bond donors (Lipinski definition) is 1. The Morgan fingerprint density at radius 3 is 2.48 bits per heavy atom. The van der Waals surface area contributed by atoms with Gasteiger partial charge in [-0.2, -0.15) is 0 Å². The van der Waals surface area contributed by atoms with Crippen molar-refractivity contribution in [1.29, 1.82) is 0 Å². The van der Waals surface area contributed by atoms with Crippen molar-refractivity contribution in [2.24, 2.45) is 0 Å². The Morgan fingerprint density at radius 1 is 1.29 bits per heavy atom. The molecular weight excluding hydrogens is 276 g/mol. The number of aromatic carboxylic acids is 1. The van der Waals surface area contributed by atoms with E-state index in [0.717, 1.165) is 0 Å². The number of carboxylic acids is 1. The third-order valence-corrected chi connectivity index (χ3v) is 2.45. The Labute approximate surface area is 122 Å². The summed E-state index contributed by atoms with van der Waals surface area (Å²) in [6.45, 7) is 6.39. The van der Waals surface area contributed by atoms with Crippen molar-refractivity contribution in [3.05, 3.63) is 47.5 Å². The third-order valence-electron chi connectivity index (χ3n) is 2.45. The monoisotopic (exact) mass is 292 g/mol. The molecule has 0 amide bonds. The van der Waals surface area contributed by atoms with Crippen molar-refractivity contribution in [2.75, 3.05) is 6.61 Å². The number of esters is 2. The van der Waals surface area contributed by atoms with E-state index in [1.165, 1.54) is 31.2 Å². The lowest BCUT2D eigenvalue weighted by Crippen LogP contribution is -2.22. The van der Waals surface area contributed by atoms with E-state index in [-0.39, 0.29) is 23.3 Å². The normalized spacial score (nSPS) is 11.3. The zero-order chi connectivity index (χ0) is 16.0. The quantitative estimate of drug-likeness (QED) is 0.637. The molecule has 21 heavy (non-hydrogen) atoms. The topological polar surface area (TPSA) is 89.9 Å². The molecule has 1 unspecified atom stereocenters. The van der Waals surface area contributed by atoms with Crippen LogP contribution in [0.3, 0.4) is 0 Å². The molecule has 0 heterocycles. The number of carbonyl (C=O) groups is 3. The fourth-order valence-electron chi connectivity index (χ4n) is 1.37. The average molecular weight is 292 g/mol. The van der Waals surface area contributed by atoms with Crippen molar-refractivity contribution in [3.63, 3.8) is 0 Å². The van der Waals surface area contributed by atoms with Gasteiger partial charge in [-0.3, -0.25) is 0 Å². The zero-order valence-corrected chi connectivity index (χ0v) is 11.8. The van der Waals surface area contributed by atoms with Gasteiger partial charge in [-0.05, 0) is 32.0 Å². The highest BCUT2D eigenvalue weighted by Gasteiger charge is 2.15. The number of hydrogen-bond acceptors (Lipinski definition) is 5. The first-order valence-corrected chi connectivity index (χ1v) is 6.18.